The second-order valence-electron chi connectivity index (χ2n) is 4.59. The Bertz CT molecular complexity index is 641. The highest BCUT2D eigenvalue weighted by atomic mass is 79.9. The molecule has 110 valence electrons. The molecule has 21 heavy (non-hydrogen) atoms. The van der Waals surface area contributed by atoms with Gasteiger partial charge in [0.2, 0.25) is 11.8 Å². The lowest BCUT2D eigenvalue weighted by atomic mass is 10.2. The minimum Gasteiger partial charge on any atom is -0.347 e. The number of nitrogens with one attached hydrogen (secondary N) is 2. The topological polar surface area (TPSA) is 58.2 Å². The van der Waals surface area contributed by atoms with Crippen LogP contribution in [-0.2, 0) is 16.0 Å². The van der Waals surface area contributed by atoms with Crippen LogP contribution in [-0.4, -0.2) is 18.4 Å². The molecule has 4 nitrogen and oxygen atoms in total. The molecule has 1 heterocycles. The number of carbonyl (C=O) groups excluding carboxylic acids is 2. The Morgan fingerprint density at radius 3 is 2.71 bits per heavy atom. The summed E-state index contributed by atoms with van der Waals surface area (Å²) in [5, 5.41) is 9.24. The van der Waals surface area contributed by atoms with Crippen LogP contribution in [0.25, 0.3) is 0 Å². The van der Waals surface area contributed by atoms with Crippen LogP contribution in [0, 0.1) is 6.92 Å². The zero-order valence-electron chi connectivity index (χ0n) is 11.5. The predicted molar refractivity (Wildman–Crippen MR) is 88.5 cm³/mol. The molecule has 6 heteroatoms. The minimum absolute atomic E-state index is 0.0293. The number of amides is 2. The molecule has 2 aromatic rings. The zero-order chi connectivity index (χ0) is 15.2. The maximum atomic E-state index is 11.8. The Kier molecular flexibility index (Phi) is 5.52. The van der Waals surface area contributed by atoms with Gasteiger partial charge in [0, 0.05) is 10.2 Å². The molecule has 0 spiro atoms. The summed E-state index contributed by atoms with van der Waals surface area (Å²) < 4.78 is 0.960. The van der Waals surface area contributed by atoms with E-state index < -0.39 is 0 Å². The molecule has 0 unspecified atom stereocenters. The number of halogens is 1. The maximum Gasteiger partial charge on any atom is 0.243 e. The summed E-state index contributed by atoms with van der Waals surface area (Å²) in [6, 6.07) is 7.50. The van der Waals surface area contributed by atoms with Crippen LogP contribution < -0.4 is 10.6 Å². The lowest BCUT2D eigenvalue weighted by Gasteiger charge is -2.09. The van der Waals surface area contributed by atoms with Crippen LogP contribution in [0.3, 0.4) is 0 Å². The fourth-order valence-corrected chi connectivity index (χ4v) is 2.93. The molecule has 0 fully saturated rings. The fraction of sp³-hybridized carbons (Fsp3) is 0.200. The van der Waals surface area contributed by atoms with E-state index in [1.807, 2.05) is 41.9 Å². The smallest absolute Gasteiger partial charge is 0.243 e. The van der Waals surface area contributed by atoms with Crippen molar-refractivity contribution in [1.29, 1.82) is 0 Å². The van der Waals surface area contributed by atoms with E-state index in [1.165, 1.54) is 0 Å². The lowest BCUT2D eigenvalue weighted by molar-refractivity contribution is -0.123. The summed E-state index contributed by atoms with van der Waals surface area (Å²) in [6.45, 7) is 1.88. The summed E-state index contributed by atoms with van der Waals surface area (Å²) in [5.41, 5.74) is 2.67. The summed E-state index contributed by atoms with van der Waals surface area (Å²) in [4.78, 5) is 23.5. The normalized spacial score (nSPS) is 10.2. The Morgan fingerprint density at radius 2 is 2.05 bits per heavy atom. The summed E-state index contributed by atoms with van der Waals surface area (Å²) >= 11 is 4.92. The molecule has 0 aliphatic carbocycles. The van der Waals surface area contributed by atoms with Crippen molar-refractivity contribution in [2.24, 2.45) is 0 Å². The van der Waals surface area contributed by atoms with Crippen molar-refractivity contribution in [1.82, 2.24) is 5.32 Å². The third-order valence-corrected chi connectivity index (χ3v) is 4.08. The van der Waals surface area contributed by atoms with E-state index >= 15 is 0 Å². The van der Waals surface area contributed by atoms with Gasteiger partial charge in [0.1, 0.15) is 0 Å². The van der Waals surface area contributed by atoms with Crippen molar-refractivity contribution >= 4 is 44.8 Å². The molecule has 2 amide bonds. The van der Waals surface area contributed by atoms with E-state index in [0.29, 0.717) is 6.42 Å². The van der Waals surface area contributed by atoms with Crippen LogP contribution in [0.15, 0.2) is 39.5 Å². The molecule has 0 saturated carbocycles. The molecular weight excluding hydrogens is 352 g/mol. The first-order chi connectivity index (χ1) is 10.0. The number of benzene rings is 1. The SMILES string of the molecule is Cc1cc(Br)ccc1NC(=O)CNC(=O)Cc1ccsc1. The van der Waals surface area contributed by atoms with E-state index in [4.69, 9.17) is 0 Å². The molecule has 1 aromatic heterocycles. The monoisotopic (exact) mass is 366 g/mol. The first-order valence-corrected chi connectivity index (χ1v) is 8.12. The fourth-order valence-electron chi connectivity index (χ4n) is 1.78. The standard InChI is InChI=1S/C15H15BrN2O2S/c1-10-6-12(16)2-3-13(10)18-15(20)8-17-14(19)7-11-4-5-21-9-11/h2-6,9H,7-8H2,1H3,(H,17,19)(H,18,20). The molecular formula is C15H15BrN2O2S. The number of carbonyl (C=O) groups is 2. The van der Waals surface area contributed by atoms with Crippen molar-refractivity contribution in [3.8, 4) is 0 Å². The quantitative estimate of drug-likeness (QED) is 0.853. The van der Waals surface area contributed by atoms with Gasteiger partial charge in [-0.25, -0.2) is 0 Å². The highest BCUT2D eigenvalue weighted by molar-refractivity contribution is 9.10. The van der Waals surface area contributed by atoms with Gasteiger partial charge < -0.3 is 10.6 Å². The van der Waals surface area contributed by atoms with Gasteiger partial charge in [-0.05, 0) is 53.1 Å². The van der Waals surface area contributed by atoms with Crippen LogP contribution in [0.1, 0.15) is 11.1 Å². The molecule has 0 aliphatic heterocycles. The Morgan fingerprint density at radius 1 is 1.24 bits per heavy atom. The van der Waals surface area contributed by atoms with E-state index in [-0.39, 0.29) is 18.4 Å². The molecule has 1 aromatic carbocycles. The average Bonchev–Trinajstić information content (AvgIpc) is 2.92. The molecule has 0 saturated heterocycles. The van der Waals surface area contributed by atoms with Gasteiger partial charge in [0.05, 0.1) is 13.0 Å². The van der Waals surface area contributed by atoms with Gasteiger partial charge in [-0.2, -0.15) is 11.3 Å². The van der Waals surface area contributed by atoms with Gasteiger partial charge in [0.15, 0.2) is 0 Å². The first kappa shape index (κ1) is 15.7. The third kappa shape index (κ3) is 4.99. The molecule has 2 N–H and O–H groups in total. The largest absolute Gasteiger partial charge is 0.347 e. The Balaban J connectivity index is 1.80. The van der Waals surface area contributed by atoms with E-state index in [2.05, 4.69) is 26.6 Å². The number of rotatable bonds is 5. The van der Waals surface area contributed by atoms with Gasteiger partial charge in [-0.3, -0.25) is 9.59 Å². The van der Waals surface area contributed by atoms with Crippen molar-refractivity contribution < 1.29 is 9.59 Å². The van der Waals surface area contributed by atoms with Crippen molar-refractivity contribution in [3.05, 3.63) is 50.6 Å². The second kappa shape index (κ2) is 7.38. The summed E-state index contributed by atoms with van der Waals surface area (Å²) in [5.74, 6) is -0.393. The second-order valence-corrected chi connectivity index (χ2v) is 6.29. The van der Waals surface area contributed by atoms with Crippen LogP contribution in [0.4, 0.5) is 5.69 Å². The highest BCUT2D eigenvalue weighted by Gasteiger charge is 2.08. The number of aryl methyl sites for hydroxylation is 1. The minimum atomic E-state index is -0.237. The Labute approximate surface area is 135 Å². The van der Waals surface area contributed by atoms with Crippen molar-refractivity contribution in [3.63, 3.8) is 0 Å². The van der Waals surface area contributed by atoms with Crippen molar-refractivity contribution in [2.75, 3.05) is 11.9 Å². The number of thiophene rings is 1. The summed E-state index contributed by atoms with van der Waals surface area (Å²) in [6.07, 6.45) is 0.300. The van der Waals surface area contributed by atoms with Gasteiger partial charge in [-0.15, -0.1) is 0 Å². The molecule has 0 bridgehead atoms. The summed E-state index contributed by atoms with van der Waals surface area (Å²) in [7, 11) is 0. The first-order valence-electron chi connectivity index (χ1n) is 6.38. The van der Waals surface area contributed by atoms with Gasteiger partial charge >= 0.3 is 0 Å². The average molecular weight is 367 g/mol. The molecule has 0 aliphatic rings. The van der Waals surface area contributed by atoms with Gasteiger partial charge in [-0.1, -0.05) is 15.9 Å². The van der Waals surface area contributed by atoms with Crippen molar-refractivity contribution in [2.45, 2.75) is 13.3 Å². The van der Waals surface area contributed by atoms with E-state index in [0.717, 1.165) is 21.3 Å². The van der Waals surface area contributed by atoms with Crippen LogP contribution in [0.2, 0.25) is 0 Å². The number of anilines is 1. The predicted octanol–water partition coefficient (Wildman–Crippen LogP) is 3.12. The number of hydrogen-bond acceptors (Lipinski definition) is 3. The molecule has 0 radical (unpaired) electrons. The lowest BCUT2D eigenvalue weighted by Crippen LogP contribution is -2.33. The molecule has 0 atom stereocenters. The van der Waals surface area contributed by atoms with E-state index in [1.54, 1.807) is 11.3 Å². The van der Waals surface area contributed by atoms with Gasteiger partial charge in [0.25, 0.3) is 0 Å². The zero-order valence-corrected chi connectivity index (χ0v) is 13.9. The number of hydrogen-bond donors (Lipinski definition) is 2. The third-order valence-electron chi connectivity index (χ3n) is 2.85. The molecule has 2 rings (SSSR count). The Hall–Kier alpha value is -1.66. The highest BCUT2D eigenvalue weighted by Crippen LogP contribution is 2.19. The van der Waals surface area contributed by atoms with Crippen LogP contribution in [0.5, 0.6) is 0 Å². The van der Waals surface area contributed by atoms with Crippen LogP contribution >= 0.6 is 27.3 Å². The van der Waals surface area contributed by atoms with E-state index in [9.17, 15) is 9.59 Å². The maximum absolute atomic E-state index is 11.8.